The number of benzene rings is 3. The second-order valence-corrected chi connectivity index (χ2v) is 8.87. The molecule has 30 heavy (non-hydrogen) atoms. The van der Waals surface area contributed by atoms with Gasteiger partial charge < -0.3 is 4.90 Å². The lowest BCUT2D eigenvalue weighted by atomic mass is 9.96. The summed E-state index contributed by atoms with van der Waals surface area (Å²) in [5.74, 6) is 0.660. The Balaban J connectivity index is 1.38. The first-order valence-corrected chi connectivity index (χ1v) is 11.6. The molecule has 3 aromatic rings. The average molecular weight is 437 g/mol. The molecule has 1 aliphatic heterocycles. The third-order valence-corrected chi connectivity index (χ3v) is 6.69. The highest BCUT2D eigenvalue weighted by Crippen LogP contribution is 2.29. The van der Waals surface area contributed by atoms with Crippen molar-refractivity contribution in [3.05, 3.63) is 101 Å². The maximum atomic E-state index is 12.7. The third-order valence-electron chi connectivity index (χ3n) is 5.44. The van der Waals surface area contributed by atoms with Crippen molar-refractivity contribution in [1.29, 1.82) is 0 Å². The highest BCUT2D eigenvalue weighted by molar-refractivity contribution is 8.00. The highest BCUT2D eigenvalue weighted by Gasteiger charge is 2.28. The van der Waals surface area contributed by atoms with Crippen LogP contribution in [-0.2, 0) is 4.79 Å². The van der Waals surface area contributed by atoms with Gasteiger partial charge in [0.25, 0.3) is 0 Å². The number of carbonyl (C=O) groups excluding carboxylic acids is 1. The third kappa shape index (κ3) is 5.25. The zero-order valence-corrected chi connectivity index (χ0v) is 18.4. The zero-order chi connectivity index (χ0) is 20.8. The van der Waals surface area contributed by atoms with E-state index in [0.29, 0.717) is 10.8 Å². The Morgan fingerprint density at radius 1 is 0.800 bits per heavy atom. The minimum Gasteiger partial charge on any atom is -0.339 e. The molecule has 1 fully saturated rings. The molecule has 4 rings (SSSR count). The summed E-state index contributed by atoms with van der Waals surface area (Å²) in [5, 5.41) is 0.716. The zero-order valence-electron chi connectivity index (χ0n) is 16.8. The number of amides is 1. The normalized spacial score (nSPS) is 14.8. The van der Waals surface area contributed by atoms with Gasteiger partial charge in [-0.2, -0.15) is 0 Å². The van der Waals surface area contributed by atoms with Gasteiger partial charge in [-0.25, -0.2) is 0 Å². The molecule has 0 unspecified atom stereocenters. The molecular weight excluding hydrogens is 412 g/mol. The molecule has 0 radical (unpaired) electrons. The molecule has 1 aliphatic rings. The molecule has 1 heterocycles. The van der Waals surface area contributed by atoms with Crippen molar-refractivity contribution in [2.45, 2.75) is 10.9 Å². The predicted molar refractivity (Wildman–Crippen MR) is 125 cm³/mol. The molecule has 0 aromatic heterocycles. The van der Waals surface area contributed by atoms with Gasteiger partial charge in [0, 0.05) is 36.1 Å². The minimum atomic E-state index is 0.200. The summed E-state index contributed by atoms with van der Waals surface area (Å²) in [5.41, 5.74) is 2.59. The van der Waals surface area contributed by atoms with Crippen LogP contribution in [0.2, 0.25) is 5.02 Å². The van der Waals surface area contributed by atoms with Crippen molar-refractivity contribution >= 4 is 29.3 Å². The van der Waals surface area contributed by atoms with Gasteiger partial charge in [-0.15, -0.1) is 11.8 Å². The van der Waals surface area contributed by atoms with Crippen LogP contribution in [-0.4, -0.2) is 47.6 Å². The lowest BCUT2D eigenvalue weighted by Crippen LogP contribution is -2.50. The summed E-state index contributed by atoms with van der Waals surface area (Å²) >= 11 is 7.50. The van der Waals surface area contributed by atoms with Crippen LogP contribution in [0.3, 0.4) is 0 Å². The second kappa shape index (κ2) is 10.2. The van der Waals surface area contributed by atoms with Crippen LogP contribution in [0.5, 0.6) is 0 Å². The van der Waals surface area contributed by atoms with Gasteiger partial charge in [0.05, 0.1) is 11.8 Å². The van der Waals surface area contributed by atoms with E-state index in [9.17, 15) is 4.79 Å². The van der Waals surface area contributed by atoms with E-state index in [1.165, 1.54) is 11.1 Å². The van der Waals surface area contributed by atoms with E-state index >= 15 is 0 Å². The van der Waals surface area contributed by atoms with Crippen LogP contribution in [0, 0.1) is 0 Å². The fourth-order valence-electron chi connectivity index (χ4n) is 3.88. The highest BCUT2D eigenvalue weighted by atomic mass is 35.5. The molecule has 154 valence electrons. The standard InChI is InChI=1S/C25H25ClN2OS/c26-22-11-13-23(14-12-22)30-19-24(29)27-15-17-28(18-16-27)25(20-7-3-1-4-8-20)21-9-5-2-6-10-21/h1-14,25H,15-19H2. The lowest BCUT2D eigenvalue weighted by Gasteiger charge is -2.39. The van der Waals surface area contributed by atoms with Crippen molar-refractivity contribution in [3.63, 3.8) is 0 Å². The Labute approximate surface area is 187 Å². The van der Waals surface area contributed by atoms with E-state index < -0.39 is 0 Å². The molecule has 0 aliphatic carbocycles. The first kappa shape index (κ1) is 21.0. The van der Waals surface area contributed by atoms with Crippen LogP contribution in [0.4, 0.5) is 0 Å². The van der Waals surface area contributed by atoms with Crippen molar-refractivity contribution in [3.8, 4) is 0 Å². The number of hydrogen-bond acceptors (Lipinski definition) is 3. The monoisotopic (exact) mass is 436 g/mol. The number of rotatable bonds is 6. The molecule has 0 bridgehead atoms. The fraction of sp³-hybridized carbons (Fsp3) is 0.240. The second-order valence-electron chi connectivity index (χ2n) is 7.38. The van der Waals surface area contributed by atoms with Crippen LogP contribution >= 0.6 is 23.4 Å². The maximum Gasteiger partial charge on any atom is 0.233 e. The minimum absolute atomic E-state index is 0.200. The Kier molecular flexibility index (Phi) is 7.11. The van der Waals surface area contributed by atoms with Crippen LogP contribution in [0.1, 0.15) is 17.2 Å². The van der Waals surface area contributed by atoms with E-state index in [0.717, 1.165) is 31.1 Å². The van der Waals surface area contributed by atoms with E-state index in [1.54, 1.807) is 11.8 Å². The topological polar surface area (TPSA) is 23.6 Å². The quantitative estimate of drug-likeness (QED) is 0.485. The molecule has 3 aromatic carbocycles. The molecule has 5 heteroatoms. The van der Waals surface area contributed by atoms with Gasteiger partial charge in [0.1, 0.15) is 0 Å². The van der Waals surface area contributed by atoms with Gasteiger partial charge in [0.15, 0.2) is 0 Å². The Hall–Kier alpha value is -2.27. The van der Waals surface area contributed by atoms with Crippen molar-refractivity contribution in [2.24, 2.45) is 0 Å². The van der Waals surface area contributed by atoms with Gasteiger partial charge in [-0.1, -0.05) is 72.3 Å². The molecular formula is C25H25ClN2OS. The summed E-state index contributed by atoms with van der Waals surface area (Å²) in [6.45, 7) is 3.25. The summed E-state index contributed by atoms with van der Waals surface area (Å²) in [7, 11) is 0. The summed E-state index contributed by atoms with van der Waals surface area (Å²) in [6, 6.07) is 29.1. The Morgan fingerprint density at radius 3 is 1.87 bits per heavy atom. The van der Waals surface area contributed by atoms with Gasteiger partial charge in [0.2, 0.25) is 5.91 Å². The van der Waals surface area contributed by atoms with E-state index in [4.69, 9.17) is 11.6 Å². The first-order chi connectivity index (χ1) is 14.7. The molecule has 0 atom stereocenters. The number of halogens is 1. The molecule has 0 saturated carbocycles. The van der Waals surface area contributed by atoms with Crippen LogP contribution < -0.4 is 0 Å². The Morgan fingerprint density at radius 2 is 1.33 bits per heavy atom. The van der Waals surface area contributed by atoms with E-state index in [1.807, 2.05) is 29.2 Å². The van der Waals surface area contributed by atoms with E-state index in [-0.39, 0.29) is 11.9 Å². The van der Waals surface area contributed by atoms with Crippen LogP contribution in [0.15, 0.2) is 89.8 Å². The molecule has 0 N–H and O–H groups in total. The number of nitrogens with zero attached hydrogens (tertiary/aromatic N) is 2. The molecule has 1 saturated heterocycles. The smallest absolute Gasteiger partial charge is 0.233 e. The van der Waals surface area contributed by atoms with Crippen molar-refractivity contribution in [2.75, 3.05) is 31.9 Å². The summed E-state index contributed by atoms with van der Waals surface area (Å²) < 4.78 is 0. The maximum absolute atomic E-state index is 12.7. The van der Waals surface area contributed by atoms with Gasteiger partial charge in [-0.3, -0.25) is 9.69 Å². The average Bonchev–Trinajstić information content (AvgIpc) is 2.81. The van der Waals surface area contributed by atoms with Crippen LogP contribution in [0.25, 0.3) is 0 Å². The predicted octanol–water partition coefficient (Wildman–Crippen LogP) is 5.37. The molecule has 1 amide bonds. The molecule has 0 spiro atoms. The number of piperazine rings is 1. The number of carbonyl (C=O) groups is 1. The number of thioether (sulfide) groups is 1. The van der Waals surface area contributed by atoms with Gasteiger partial charge in [-0.05, 0) is 35.4 Å². The number of hydrogen-bond donors (Lipinski definition) is 0. The largest absolute Gasteiger partial charge is 0.339 e. The molecule has 3 nitrogen and oxygen atoms in total. The lowest BCUT2D eigenvalue weighted by molar-refractivity contribution is -0.130. The summed E-state index contributed by atoms with van der Waals surface area (Å²) in [6.07, 6.45) is 0. The van der Waals surface area contributed by atoms with E-state index in [2.05, 4.69) is 65.6 Å². The van der Waals surface area contributed by atoms with Crippen molar-refractivity contribution < 1.29 is 4.79 Å². The van der Waals surface area contributed by atoms with Crippen molar-refractivity contribution in [1.82, 2.24) is 9.80 Å². The Bertz CT molecular complexity index is 902. The SMILES string of the molecule is O=C(CSc1ccc(Cl)cc1)N1CCN(C(c2ccccc2)c2ccccc2)CC1. The van der Waals surface area contributed by atoms with Gasteiger partial charge >= 0.3 is 0 Å². The fourth-order valence-corrected chi connectivity index (χ4v) is 4.81. The first-order valence-electron chi connectivity index (χ1n) is 10.2. The summed E-state index contributed by atoms with van der Waals surface area (Å²) in [4.78, 5) is 18.3.